The van der Waals surface area contributed by atoms with Crippen molar-refractivity contribution in [2.24, 2.45) is 11.8 Å². The molecule has 2 saturated carbocycles. The summed E-state index contributed by atoms with van der Waals surface area (Å²) in [5.41, 5.74) is -0.516. The first-order chi connectivity index (χ1) is 6.87. The summed E-state index contributed by atoms with van der Waals surface area (Å²) in [7, 11) is 0. The molecule has 0 aromatic rings. The second-order valence-corrected chi connectivity index (χ2v) is 5.58. The molecule has 0 aromatic carbocycles. The van der Waals surface area contributed by atoms with Gasteiger partial charge in [-0.3, -0.25) is 0 Å². The SMILES string of the molecule is CC(C)(C)OC(=O)NC1C(F)CC2CC21. The van der Waals surface area contributed by atoms with Crippen molar-refractivity contribution in [3.8, 4) is 0 Å². The molecule has 0 heterocycles. The van der Waals surface area contributed by atoms with E-state index in [-0.39, 0.29) is 6.04 Å². The third kappa shape index (κ3) is 2.41. The van der Waals surface area contributed by atoms with E-state index in [0.717, 1.165) is 6.42 Å². The highest BCUT2D eigenvalue weighted by Gasteiger charge is 2.54. The standard InChI is InChI=1S/C11H18FNO2/c1-11(2,3)15-10(14)13-9-7-4-6(7)5-8(9)12/h6-9H,4-5H2,1-3H3,(H,13,14). The van der Waals surface area contributed by atoms with Gasteiger partial charge in [0.25, 0.3) is 0 Å². The van der Waals surface area contributed by atoms with Gasteiger partial charge >= 0.3 is 6.09 Å². The van der Waals surface area contributed by atoms with Crippen molar-refractivity contribution in [3.63, 3.8) is 0 Å². The van der Waals surface area contributed by atoms with Crippen molar-refractivity contribution in [2.45, 2.75) is 51.4 Å². The number of fused-ring (bicyclic) bond motifs is 1. The number of nitrogens with one attached hydrogen (secondary N) is 1. The van der Waals surface area contributed by atoms with Gasteiger partial charge < -0.3 is 10.1 Å². The summed E-state index contributed by atoms with van der Waals surface area (Å²) >= 11 is 0. The molecule has 0 radical (unpaired) electrons. The zero-order chi connectivity index (χ0) is 11.2. The number of amides is 1. The van der Waals surface area contributed by atoms with E-state index < -0.39 is 17.9 Å². The summed E-state index contributed by atoms with van der Waals surface area (Å²) in [6.07, 6.45) is 0.274. The molecule has 0 spiro atoms. The first kappa shape index (κ1) is 10.7. The lowest BCUT2D eigenvalue weighted by atomic mass is 10.1. The highest BCUT2D eigenvalue weighted by molar-refractivity contribution is 5.68. The lowest BCUT2D eigenvalue weighted by Crippen LogP contribution is -2.43. The monoisotopic (exact) mass is 215 g/mol. The molecule has 2 fully saturated rings. The van der Waals surface area contributed by atoms with Gasteiger partial charge in [0.05, 0.1) is 6.04 Å². The second-order valence-electron chi connectivity index (χ2n) is 5.58. The number of carbonyl (C=O) groups is 1. The Morgan fingerprint density at radius 1 is 1.40 bits per heavy atom. The van der Waals surface area contributed by atoms with Crippen LogP contribution in [0.1, 0.15) is 33.6 Å². The molecule has 15 heavy (non-hydrogen) atoms. The van der Waals surface area contributed by atoms with Crippen LogP contribution in [-0.2, 0) is 4.74 Å². The van der Waals surface area contributed by atoms with Crippen molar-refractivity contribution in [2.75, 3.05) is 0 Å². The number of hydrogen-bond acceptors (Lipinski definition) is 2. The summed E-state index contributed by atoms with van der Waals surface area (Å²) in [4.78, 5) is 11.4. The summed E-state index contributed by atoms with van der Waals surface area (Å²) in [6, 6.07) is -0.315. The van der Waals surface area contributed by atoms with Gasteiger partial charge in [0, 0.05) is 0 Å². The van der Waals surface area contributed by atoms with Crippen LogP contribution >= 0.6 is 0 Å². The van der Waals surface area contributed by atoms with Crippen LogP contribution in [0.2, 0.25) is 0 Å². The van der Waals surface area contributed by atoms with Crippen LogP contribution < -0.4 is 5.32 Å². The van der Waals surface area contributed by atoms with Crippen LogP contribution in [0, 0.1) is 11.8 Å². The molecule has 2 rings (SSSR count). The maximum Gasteiger partial charge on any atom is 0.407 e. The fourth-order valence-corrected chi connectivity index (χ4v) is 2.33. The van der Waals surface area contributed by atoms with Crippen LogP contribution in [-0.4, -0.2) is 23.9 Å². The molecule has 0 aromatic heterocycles. The van der Waals surface area contributed by atoms with Crippen molar-refractivity contribution in [3.05, 3.63) is 0 Å². The molecule has 4 unspecified atom stereocenters. The second kappa shape index (κ2) is 3.35. The topological polar surface area (TPSA) is 38.3 Å². The van der Waals surface area contributed by atoms with Gasteiger partial charge in [0.1, 0.15) is 11.8 Å². The number of carbonyl (C=O) groups excluding carboxylic acids is 1. The van der Waals surface area contributed by atoms with Gasteiger partial charge in [0.2, 0.25) is 0 Å². The van der Waals surface area contributed by atoms with E-state index in [9.17, 15) is 9.18 Å². The molecular formula is C11H18FNO2. The highest BCUT2D eigenvalue weighted by Crippen LogP contribution is 2.52. The molecule has 3 nitrogen and oxygen atoms in total. The van der Waals surface area contributed by atoms with Gasteiger partial charge in [-0.05, 0) is 45.4 Å². The van der Waals surface area contributed by atoms with E-state index >= 15 is 0 Å². The van der Waals surface area contributed by atoms with Gasteiger partial charge in [-0.1, -0.05) is 0 Å². The lowest BCUT2D eigenvalue weighted by molar-refractivity contribution is 0.0474. The van der Waals surface area contributed by atoms with E-state index in [2.05, 4.69) is 5.32 Å². The Balaban J connectivity index is 1.84. The Morgan fingerprint density at radius 2 is 2.07 bits per heavy atom. The third-order valence-electron chi connectivity index (χ3n) is 3.04. The summed E-state index contributed by atoms with van der Waals surface area (Å²) in [5.74, 6) is 0.854. The fraction of sp³-hybridized carbons (Fsp3) is 0.909. The molecule has 0 saturated heterocycles. The number of alkyl carbamates (subject to hydrolysis) is 1. The Hall–Kier alpha value is -0.800. The van der Waals surface area contributed by atoms with E-state index in [1.54, 1.807) is 20.8 Å². The third-order valence-corrected chi connectivity index (χ3v) is 3.04. The number of alkyl halides is 1. The summed E-state index contributed by atoms with van der Waals surface area (Å²) in [5, 5.41) is 2.64. The Kier molecular flexibility index (Phi) is 2.40. The molecule has 2 aliphatic carbocycles. The predicted octanol–water partition coefficient (Wildman–Crippen LogP) is 2.26. The molecule has 86 valence electrons. The molecule has 1 N–H and O–H groups in total. The molecule has 1 amide bonds. The van der Waals surface area contributed by atoms with Gasteiger partial charge in [-0.25, -0.2) is 9.18 Å². The van der Waals surface area contributed by atoms with Crippen LogP contribution in [0.25, 0.3) is 0 Å². The number of rotatable bonds is 1. The average molecular weight is 215 g/mol. The van der Waals surface area contributed by atoms with E-state index in [1.807, 2.05) is 0 Å². The first-order valence-electron chi connectivity index (χ1n) is 5.50. The van der Waals surface area contributed by atoms with E-state index in [4.69, 9.17) is 4.74 Å². The Bertz CT molecular complexity index is 272. The van der Waals surface area contributed by atoms with Gasteiger partial charge in [-0.15, -0.1) is 0 Å². The quantitative estimate of drug-likeness (QED) is 0.728. The molecule has 0 bridgehead atoms. The maximum atomic E-state index is 13.4. The number of hydrogen-bond donors (Lipinski definition) is 1. The Morgan fingerprint density at radius 3 is 2.53 bits per heavy atom. The number of halogens is 1. The van der Waals surface area contributed by atoms with Crippen molar-refractivity contribution >= 4 is 6.09 Å². The molecular weight excluding hydrogens is 197 g/mol. The zero-order valence-electron chi connectivity index (χ0n) is 9.42. The predicted molar refractivity (Wildman–Crippen MR) is 54.3 cm³/mol. The molecule has 2 aliphatic rings. The van der Waals surface area contributed by atoms with Crippen LogP contribution in [0.4, 0.5) is 9.18 Å². The molecule has 0 aliphatic heterocycles. The normalized spacial score (nSPS) is 38.4. The minimum atomic E-state index is -0.888. The summed E-state index contributed by atoms with van der Waals surface area (Å²) < 4.78 is 18.5. The average Bonchev–Trinajstić information content (AvgIpc) is 2.70. The highest BCUT2D eigenvalue weighted by atomic mass is 19.1. The van der Waals surface area contributed by atoms with Gasteiger partial charge in [0.15, 0.2) is 0 Å². The lowest BCUT2D eigenvalue weighted by Gasteiger charge is -2.23. The maximum absolute atomic E-state index is 13.4. The first-order valence-corrected chi connectivity index (χ1v) is 5.50. The van der Waals surface area contributed by atoms with Crippen molar-refractivity contribution in [1.82, 2.24) is 5.32 Å². The zero-order valence-corrected chi connectivity index (χ0v) is 9.42. The van der Waals surface area contributed by atoms with Crippen LogP contribution in [0.15, 0.2) is 0 Å². The number of ether oxygens (including phenoxy) is 1. The van der Waals surface area contributed by atoms with Crippen LogP contribution in [0.3, 0.4) is 0 Å². The largest absolute Gasteiger partial charge is 0.444 e. The minimum Gasteiger partial charge on any atom is -0.444 e. The van der Waals surface area contributed by atoms with Crippen LogP contribution in [0.5, 0.6) is 0 Å². The van der Waals surface area contributed by atoms with E-state index in [0.29, 0.717) is 18.3 Å². The minimum absolute atomic E-state index is 0.315. The van der Waals surface area contributed by atoms with E-state index in [1.165, 1.54) is 0 Å². The molecule has 4 heteroatoms. The Labute approximate surface area is 89.4 Å². The van der Waals surface area contributed by atoms with Gasteiger partial charge in [-0.2, -0.15) is 0 Å². The molecule has 4 atom stereocenters. The fourth-order valence-electron chi connectivity index (χ4n) is 2.33. The van der Waals surface area contributed by atoms with Crippen molar-refractivity contribution in [1.29, 1.82) is 0 Å². The smallest absolute Gasteiger partial charge is 0.407 e. The van der Waals surface area contributed by atoms with Crippen molar-refractivity contribution < 1.29 is 13.9 Å². The summed E-state index contributed by atoms with van der Waals surface area (Å²) in [6.45, 7) is 5.40.